The van der Waals surface area contributed by atoms with Crippen LogP contribution in [0.5, 0.6) is 0 Å². The molecule has 1 aromatic carbocycles. The first-order valence-corrected chi connectivity index (χ1v) is 9.23. The number of carbonyl (C=O) groups excluding carboxylic acids is 1. The van der Waals surface area contributed by atoms with Gasteiger partial charge >= 0.3 is 0 Å². The molecule has 3 rings (SSSR count). The van der Waals surface area contributed by atoms with E-state index in [-0.39, 0.29) is 10.8 Å². The molecule has 9 heteroatoms. The van der Waals surface area contributed by atoms with Gasteiger partial charge in [-0.3, -0.25) is 14.5 Å². The van der Waals surface area contributed by atoms with Crippen LogP contribution in [0.15, 0.2) is 66.0 Å². The molecule has 0 aliphatic carbocycles. The second-order valence-corrected chi connectivity index (χ2v) is 7.33. The van der Waals surface area contributed by atoms with Crippen molar-refractivity contribution < 1.29 is 13.2 Å². The summed E-state index contributed by atoms with van der Waals surface area (Å²) in [6, 6.07) is 11.1. The molecule has 134 valence electrons. The van der Waals surface area contributed by atoms with Crippen molar-refractivity contribution in [2.75, 3.05) is 12.4 Å². The van der Waals surface area contributed by atoms with Crippen LogP contribution >= 0.6 is 0 Å². The van der Waals surface area contributed by atoms with Gasteiger partial charge in [0, 0.05) is 30.2 Å². The maximum atomic E-state index is 12.3. The summed E-state index contributed by atoms with van der Waals surface area (Å²) in [4.78, 5) is 16.4. The summed E-state index contributed by atoms with van der Waals surface area (Å²) in [6.07, 6.45) is 5.21. The van der Waals surface area contributed by atoms with Gasteiger partial charge in [0.25, 0.3) is 5.91 Å². The minimum atomic E-state index is -3.53. The summed E-state index contributed by atoms with van der Waals surface area (Å²) in [6.45, 7) is 0.542. The Bertz CT molecular complexity index is 998. The van der Waals surface area contributed by atoms with E-state index in [2.05, 4.69) is 20.1 Å². The molecule has 0 bridgehead atoms. The predicted molar refractivity (Wildman–Crippen MR) is 96.2 cm³/mol. The van der Waals surface area contributed by atoms with Crippen LogP contribution in [0.25, 0.3) is 0 Å². The van der Waals surface area contributed by atoms with Crippen LogP contribution in [0.2, 0.25) is 0 Å². The van der Waals surface area contributed by atoms with Gasteiger partial charge in [-0.15, -0.1) is 0 Å². The molecule has 0 atom stereocenters. The molecule has 0 aliphatic heterocycles. The molecule has 2 aromatic heterocycles. The van der Waals surface area contributed by atoms with Gasteiger partial charge in [0.05, 0.1) is 11.4 Å². The quantitative estimate of drug-likeness (QED) is 0.683. The third kappa shape index (κ3) is 4.13. The van der Waals surface area contributed by atoms with Crippen LogP contribution in [0.1, 0.15) is 15.9 Å². The molecule has 26 heavy (non-hydrogen) atoms. The second-order valence-electron chi connectivity index (χ2n) is 5.45. The molecule has 2 heterocycles. The van der Waals surface area contributed by atoms with E-state index in [1.165, 1.54) is 31.3 Å². The molecule has 0 unspecified atom stereocenters. The summed E-state index contributed by atoms with van der Waals surface area (Å²) in [5.74, 6) is 0.0378. The highest BCUT2D eigenvalue weighted by Gasteiger charge is 2.13. The number of aromatic nitrogens is 3. The van der Waals surface area contributed by atoms with Crippen molar-refractivity contribution in [1.29, 1.82) is 0 Å². The number of amides is 1. The van der Waals surface area contributed by atoms with Gasteiger partial charge in [-0.1, -0.05) is 6.07 Å². The summed E-state index contributed by atoms with van der Waals surface area (Å²) in [5.41, 5.74) is 1.33. The maximum Gasteiger partial charge on any atom is 0.256 e. The smallest absolute Gasteiger partial charge is 0.256 e. The summed E-state index contributed by atoms with van der Waals surface area (Å²) in [7, 11) is -2.20. The van der Waals surface area contributed by atoms with Gasteiger partial charge in [0.2, 0.25) is 10.0 Å². The van der Waals surface area contributed by atoms with Crippen molar-refractivity contribution in [3.05, 3.63) is 72.2 Å². The van der Waals surface area contributed by atoms with Crippen molar-refractivity contribution >= 4 is 21.7 Å². The van der Waals surface area contributed by atoms with E-state index >= 15 is 0 Å². The fraction of sp³-hybridized carbons (Fsp3) is 0.118. The van der Waals surface area contributed by atoms with E-state index in [4.69, 9.17) is 0 Å². The summed E-state index contributed by atoms with van der Waals surface area (Å²) in [5, 5.41) is 6.98. The second kappa shape index (κ2) is 7.46. The number of nitrogens with one attached hydrogen (secondary N) is 2. The van der Waals surface area contributed by atoms with Gasteiger partial charge in [-0.2, -0.15) is 5.10 Å². The Morgan fingerprint density at radius 1 is 1.15 bits per heavy atom. The molecule has 8 nitrogen and oxygen atoms in total. The number of rotatable bonds is 6. The SMILES string of the molecule is CNS(=O)(=O)c1ccc(C(=O)Nc2ccn(Cc3cccnc3)n2)cc1. The van der Waals surface area contributed by atoms with Crippen LogP contribution in [0, 0.1) is 0 Å². The molecule has 0 saturated heterocycles. The van der Waals surface area contributed by atoms with Crippen LogP contribution in [0.3, 0.4) is 0 Å². The number of hydrogen-bond donors (Lipinski definition) is 2. The van der Waals surface area contributed by atoms with E-state index in [1.54, 1.807) is 29.3 Å². The number of pyridine rings is 1. The largest absolute Gasteiger partial charge is 0.305 e. The van der Waals surface area contributed by atoms with E-state index in [1.807, 2.05) is 12.1 Å². The lowest BCUT2D eigenvalue weighted by atomic mass is 10.2. The first-order chi connectivity index (χ1) is 12.5. The molecule has 0 radical (unpaired) electrons. The van der Waals surface area contributed by atoms with Crippen molar-refractivity contribution in [2.24, 2.45) is 0 Å². The Kier molecular flexibility index (Phi) is 5.10. The molecule has 0 spiro atoms. The third-order valence-electron chi connectivity index (χ3n) is 3.65. The predicted octanol–water partition coefficient (Wildman–Crippen LogP) is 1.49. The Balaban J connectivity index is 1.67. The Morgan fingerprint density at radius 2 is 1.92 bits per heavy atom. The van der Waals surface area contributed by atoms with Crippen molar-refractivity contribution in [2.45, 2.75) is 11.4 Å². The number of sulfonamides is 1. The number of nitrogens with zero attached hydrogens (tertiary/aromatic N) is 3. The Morgan fingerprint density at radius 3 is 2.58 bits per heavy atom. The fourth-order valence-electron chi connectivity index (χ4n) is 2.29. The highest BCUT2D eigenvalue weighted by Crippen LogP contribution is 2.12. The average molecular weight is 371 g/mol. The van der Waals surface area contributed by atoms with E-state index in [0.29, 0.717) is 17.9 Å². The highest BCUT2D eigenvalue weighted by atomic mass is 32.2. The molecule has 1 amide bonds. The molecule has 0 saturated carbocycles. The first kappa shape index (κ1) is 17.8. The number of carbonyl (C=O) groups is 1. The van der Waals surface area contributed by atoms with Crippen LogP contribution in [-0.2, 0) is 16.6 Å². The monoisotopic (exact) mass is 371 g/mol. The lowest BCUT2D eigenvalue weighted by molar-refractivity contribution is 0.102. The fourth-order valence-corrected chi connectivity index (χ4v) is 3.02. The molecular weight excluding hydrogens is 354 g/mol. The van der Waals surface area contributed by atoms with Gasteiger partial charge in [0.15, 0.2) is 5.82 Å². The van der Waals surface area contributed by atoms with Gasteiger partial charge < -0.3 is 5.32 Å². The molecular formula is C17H17N5O3S. The summed E-state index contributed by atoms with van der Waals surface area (Å²) >= 11 is 0. The van der Waals surface area contributed by atoms with Crippen LogP contribution in [-0.4, -0.2) is 36.1 Å². The lowest BCUT2D eigenvalue weighted by Crippen LogP contribution is -2.19. The van der Waals surface area contributed by atoms with E-state index < -0.39 is 10.0 Å². The summed E-state index contributed by atoms with van der Waals surface area (Å²) < 4.78 is 27.3. The number of anilines is 1. The zero-order valence-corrected chi connectivity index (χ0v) is 14.8. The molecule has 0 fully saturated rings. The average Bonchev–Trinajstić information content (AvgIpc) is 3.09. The standard InChI is InChI=1S/C17H17N5O3S/c1-18-26(24,25)15-6-4-14(5-7-15)17(23)20-16-8-10-22(21-16)12-13-3-2-9-19-11-13/h2-11,18H,12H2,1H3,(H,20,21,23). The Labute approximate surface area is 150 Å². The Hall–Kier alpha value is -3.04. The van der Waals surface area contributed by atoms with E-state index in [9.17, 15) is 13.2 Å². The normalized spacial score (nSPS) is 11.3. The highest BCUT2D eigenvalue weighted by molar-refractivity contribution is 7.89. The lowest BCUT2D eigenvalue weighted by Gasteiger charge is -2.05. The minimum Gasteiger partial charge on any atom is -0.305 e. The zero-order valence-electron chi connectivity index (χ0n) is 14.0. The number of hydrogen-bond acceptors (Lipinski definition) is 5. The first-order valence-electron chi connectivity index (χ1n) is 7.75. The van der Waals surface area contributed by atoms with Crippen LogP contribution in [0.4, 0.5) is 5.82 Å². The maximum absolute atomic E-state index is 12.3. The van der Waals surface area contributed by atoms with Gasteiger partial charge in [-0.05, 0) is 42.9 Å². The van der Waals surface area contributed by atoms with Gasteiger partial charge in [0.1, 0.15) is 0 Å². The zero-order chi connectivity index (χ0) is 18.6. The van der Waals surface area contributed by atoms with Crippen molar-refractivity contribution in [3.8, 4) is 0 Å². The van der Waals surface area contributed by atoms with Gasteiger partial charge in [-0.25, -0.2) is 13.1 Å². The molecule has 0 aliphatic rings. The topological polar surface area (TPSA) is 106 Å². The van der Waals surface area contributed by atoms with Crippen molar-refractivity contribution in [1.82, 2.24) is 19.5 Å². The minimum absolute atomic E-state index is 0.0947. The third-order valence-corrected chi connectivity index (χ3v) is 5.08. The number of benzene rings is 1. The van der Waals surface area contributed by atoms with Crippen molar-refractivity contribution in [3.63, 3.8) is 0 Å². The van der Waals surface area contributed by atoms with E-state index in [0.717, 1.165) is 5.56 Å². The molecule has 3 aromatic rings. The molecule has 2 N–H and O–H groups in total. The van der Waals surface area contributed by atoms with Crippen LogP contribution < -0.4 is 10.0 Å².